The summed E-state index contributed by atoms with van der Waals surface area (Å²) in [5.41, 5.74) is 2.22. The molecule has 0 atom stereocenters. The average molecular weight is 487 g/mol. The van der Waals surface area contributed by atoms with E-state index in [0.717, 1.165) is 30.1 Å². The Bertz CT molecular complexity index is 1220. The highest BCUT2D eigenvalue weighted by atomic mass is 32.2. The first-order chi connectivity index (χ1) is 16.3. The van der Waals surface area contributed by atoms with Crippen molar-refractivity contribution in [3.63, 3.8) is 0 Å². The molecular formula is C25H34N4O4S. The number of rotatable bonds is 12. The van der Waals surface area contributed by atoms with E-state index in [1.165, 1.54) is 4.31 Å². The van der Waals surface area contributed by atoms with Gasteiger partial charge in [-0.3, -0.25) is 4.79 Å². The SMILES string of the molecule is CCCn1c(CCC(=O)Nc2ccc(OCC)cc2)nc2cc(S(=O)(=O)N(CC)CC)ccc21. The molecule has 34 heavy (non-hydrogen) atoms. The number of aryl methyl sites for hydroxylation is 2. The van der Waals surface area contributed by atoms with Crippen LogP contribution in [0.4, 0.5) is 5.69 Å². The number of nitrogens with zero attached hydrogens (tertiary/aromatic N) is 3. The van der Waals surface area contributed by atoms with Crippen LogP contribution in [0.1, 0.15) is 46.4 Å². The summed E-state index contributed by atoms with van der Waals surface area (Å²) in [4.78, 5) is 17.5. The minimum atomic E-state index is -3.56. The van der Waals surface area contributed by atoms with Gasteiger partial charge >= 0.3 is 0 Å². The van der Waals surface area contributed by atoms with Gasteiger partial charge in [-0.2, -0.15) is 4.31 Å². The maximum Gasteiger partial charge on any atom is 0.243 e. The zero-order valence-corrected chi connectivity index (χ0v) is 21.2. The van der Waals surface area contributed by atoms with Crippen molar-refractivity contribution in [1.82, 2.24) is 13.9 Å². The molecule has 0 aliphatic rings. The van der Waals surface area contributed by atoms with E-state index in [-0.39, 0.29) is 17.2 Å². The molecule has 2 aromatic carbocycles. The minimum absolute atomic E-state index is 0.107. The monoisotopic (exact) mass is 486 g/mol. The third-order valence-electron chi connectivity index (χ3n) is 5.61. The Morgan fingerprint density at radius 2 is 1.76 bits per heavy atom. The van der Waals surface area contributed by atoms with E-state index < -0.39 is 10.0 Å². The van der Waals surface area contributed by atoms with Crippen molar-refractivity contribution in [2.75, 3.05) is 25.0 Å². The lowest BCUT2D eigenvalue weighted by molar-refractivity contribution is -0.116. The molecule has 0 aliphatic carbocycles. The summed E-state index contributed by atoms with van der Waals surface area (Å²) in [6.45, 7) is 9.81. The van der Waals surface area contributed by atoms with E-state index in [0.29, 0.717) is 37.3 Å². The zero-order valence-electron chi connectivity index (χ0n) is 20.4. The Kier molecular flexibility index (Phi) is 8.68. The summed E-state index contributed by atoms with van der Waals surface area (Å²) in [5, 5.41) is 2.90. The van der Waals surface area contributed by atoms with E-state index in [9.17, 15) is 13.2 Å². The molecule has 0 radical (unpaired) electrons. The highest BCUT2D eigenvalue weighted by Gasteiger charge is 2.23. The molecule has 0 spiro atoms. The second-order valence-electron chi connectivity index (χ2n) is 7.93. The number of anilines is 1. The molecule has 0 aliphatic heterocycles. The largest absolute Gasteiger partial charge is 0.494 e. The number of hydrogen-bond acceptors (Lipinski definition) is 5. The van der Waals surface area contributed by atoms with Crippen LogP contribution >= 0.6 is 0 Å². The Morgan fingerprint density at radius 3 is 2.38 bits per heavy atom. The second-order valence-corrected chi connectivity index (χ2v) is 9.86. The Morgan fingerprint density at radius 1 is 1.06 bits per heavy atom. The normalized spacial score (nSPS) is 11.8. The molecule has 3 rings (SSSR count). The van der Waals surface area contributed by atoms with Crippen LogP contribution in [-0.2, 0) is 27.8 Å². The third kappa shape index (κ3) is 5.77. The zero-order chi connectivity index (χ0) is 24.7. The number of imidazole rings is 1. The number of sulfonamides is 1. The van der Waals surface area contributed by atoms with Crippen LogP contribution in [-0.4, -0.2) is 47.9 Å². The highest BCUT2D eigenvalue weighted by Crippen LogP contribution is 2.24. The van der Waals surface area contributed by atoms with Crippen LogP contribution in [0, 0.1) is 0 Å². The third-order valence-corrected chi connectivity index (χ3v) is 7.66. The van der Waals surface area contributed by atoms with E-state index >= 15 is 0 Å². The van der Waals surface area contributed by atoms with E-state index in [4.69, 9.17) is 9.72 Å². The van der Waals surface area contributed by atoms with Gasteiger partial charge in [0.05, 0.1) is 22.5 Å². The first-order valence-corrected chi connectivity index (χ1v) is 13.3. The summed E-state index contributed by atoms with van der Waals surface area (Å²) in [6, 6.07) is 12.4. The molecule has 0 bridgehead atoms. The van der Waals surface area contributed by atoms with Gasteiger partial charge in [0.15, 0.2) is 0 Å². The van der Waals surface area contributed by atoms with Gasteiger partial charge in [-0.15, -0.1) is 0 Å². The number of carbonyl (C=O) groups excluding carboxylic acids is 1. The van der Waals surface area contributed by atoms with Gasteiger partial charge in [0.1, 0.15) is 11.6 Å². The number of hydrogen-bond donors (Lipinski definition) is 1. The standard InChI is InChI=1S/C25H34N4O4S/c1-5-17-29-23-14-13-21(34(31,32)28(6-2)7-3)18-22(23)27-24(29)15-16-25(30)26-19-9-11-20(12-10-19)33-8-4/h9-14,18H,5-8,15-17H2,1-4H3,(H,26,30). The summed E-state index contributed by atoms with van der Waals surface area (Å²) >= 11 is 0. The van der Waals surface area contributed by atoms with Crippen LogP contribution in [0.2, 0.25) is 0 Å². The van der Waals surface area contributed by atoms with Gasteiger partial charge in [0, 0.05) is 38.2 Å². The molecule has 0 unspecified atom stereocenters. The van der Waals surface area contributed by atoms with Gasteiger partial charge in [-0.05, 0) is 55.8 Å². The molecule has 8 nitrogen and oxygen atoms in total. The van der Waals surface area contributed by atoms with Crippen molar-refractivity contribution in [1.29, 1.82) is 0 Å². The predicted molar refractivity (Wildman–Crippen MR) is 135 cm³/mol. The molecule has 1 N–H and O–H groups in total. The highest BCUT2D eigenvalue weighted by molar-refractivity contribution is 7.89. The van der Waals surface area contributed by atoms with Gasteiger partial charge in [0.25, 0.3) is 0 Å². The summed E-state index contributed by atoms with van der Waals surface area (Å²) in [6.07, 6.45) is 1.62. The first-order valence-electron chi connectivity index (χ1n) is 11.9. The number of aromatic nitrogens is 2. The number of fused-ring (bicyclic) bond motifs is 1. The molecule has 1 aromatic heterocycles. The number of benzene rings is 2. The van der Waals surface area contributed by atoms with Gasteiger partial charge in [0.2, 0.25) is 15.9 Å². The molecule has 0 saturated carbocycles. The van der Waals surface area contributed by atoms with Crippen molar-refractivity contribution in [2.45, 2.75) is 58.4 Å². The molecule has 0 fully saturated rings. The Hall–Kier alpha value is -2.91. The smallest absolute Gasteiger partial charge is 0.243 e. The second kappa shape index (κ2) is 11.5. The molecule has 0 saturated heterocycles. The summed E-state index contributed by atoms with van der Waals surface area (Å²) < 4.78 is 34.8. The van der Waals surface area contributed by atoms with E-state index in [2.05, 4.69) is 16.8 Å². The van der Waals surface area contributed by atoms with Gasteiger partial charge in [-0.1, -0.05) is 20.8 Å². The molecule has 3 aromatic rings. The predicted octanol–water partition coefficient (Wildman–Crippen LogP) is 4.45. The van der Waals surface area contributed by atoms with E-state index in [1.54, 1.807) is 12.1 Å². The lowest BCUT2D eigenvalue weighted by atomic mass is 10.2. The van der Waals surface area contributed by atoms with E-state index in [1.807, 2.05) is 51.1 Å². The van der Waals surface area contributed by atoms with Gasteiger partial charge < -0.3 is 14.6 Å². The maximum atomic E-state index is 12.9. The maximum absolute atomic E-state index is 12.9. The van der Waals surface area contributed by atoms with Gasteiger partial charge in [-0.25, -0.2) is 13.4 Å². The molecular weight excluding hydrogens is 452 g/mol. The number of carbonyl (C=O) groups is 1. The van der Waals surface area contributed by atoms with Crippen molar-refractivity contribution >= 4 is 32.7 Å². The molecule has 9 heteroatoms. The minimum Gasteiger partial charge on any atom is -0.494 e. The fraction of sp³-hybridized carbons (Fsp3) is 0.440. The van der Waals surface area contributed by atoms with Crippen molar-refractivity contribution in [2.24, 2.45) is 0 Å². The van der Waals surface area contributed by atoms with Crippen molar-refractivity contribution in [3.8, 4) is 5.75 Å². The van der Waals surface area contributed by atoms with Crippen LogP contribution in [0.3, 0.4) is 0 Å². The fourth-order valence-electron chi connectivity index (χ4n) is 3.95. The lowest BCUT2D eigenvalue weighted by Gasteiger charge is -2.18. The number of ether oxygens (including phenoxy) is 1. The van der Waals surface area contributed by atoms with Crippen LogP contribution in [0.25, 0.3) is 11.0 Å². The lowest BCUT2D eigenvalue weighted by Crippen LogP contribution is -2.30. The topological polar surface area (TPSA) is 93.5 Å². The van der Waals surface area contributed by atoms with Crippen LogP contribution in [0.15, 0.2) is 47.4 Å². The molecule has 1 heterocycles. The number of nitrogens with one attached hydrogen (secondary N) is 1. The first kappa shape index (κ1) is 25.7. The van der Waals surface area contributed by atoms with Crippen molar-refractivity contribution in [3.05, 3.63) is 48.3 Å². The van der Waals surface area contributed by atoms with Crippen LogP contribution < -0.4 is 10.1 Å². The number of amides is 1. The molecule has 1 amide bonds. The summed E-state index contributed by atoms with van der Waals surface area (Å²) in [5.74, 6) is 1.43. The Labute approximate surface area is 202 Å². The molecule has 184 valence electrons. The van der Waals surface area contributed by atoms with Crippen LogP contribution in [0.5, 0.6) is 5.75 Å². The average Bonchev–Trinajstić information content (AvgIpc) is 3.17. The summed E-state index contributed by atoms with van der Waals surface area (Å²) in [7, 11) is -3.56. The Balaban J connectivity index is 1.78. The fourth-order valence-corrected chi connectivity index (χ4v) is 5.43. The van der Waals surface area contributed by atoms with Crippen molar-refractivity contribution < 1.29 is 17.9 Å². The quantitative estimate of drug-likeness (QED) is 0.408.